The normalized spacial score (nSPS) is 18.0. The third kappa shape index (κ3) is 4.68. The van der Waals surface area contributed by atoms with Crippen molar-refractivity contribution in [3.8, 4) is 22.6 Å². The number of hydrogen-bond acceptors (Lipinski definition) is 6. The van der Waals surface area contributed by atoms with Gasteiger partial charge in [-0.3, -0.25) is 19.7 Å². The summed E-state index contributed by atoms with van der Waals surface area (Å²) in [4.78, 5) is 36.0. The van der Waals surface area contributed by atoms with Gasteiger partial charge in [-0.25, -0.2) is 0 Å². The van der Waals surface area contributed by atoms with E-state index in [1.807, 2.05) is 13.8 Å². The van der Waals surface area contributed by atoms with Gasteiger partial charge in [0.25, 0.3) is 11.1 Å². The van der Waals surface area contributed by atoms with Crippen molar-refractivity contribution in [2.75, 3.05) is 6.61 Å². The monoisotopic (exact) mass is 491 g/mol. The Bertz CT molecular complexity index is 1250. The summed E-state index contributed by atoms with van der Waals surface area (Å²) >= 11 is 0.694. The minimum Gasteiger partial charge on any atom is -0.492 e. The molecule has 2 aliphatic heterocycles. The molecular formula is C24H20F3NO5S. The lowest BCUT2D eigenvalue weighted by molar-refractivity contribution is -0.274. The second-order valence-corrected chi connectivity index (χ2v) is 9.52. The smallest absolute Gasteiger partial charge is 0.492 e. The van der Waals surface area contributed by atoms with Crippen LogP contribution in [-0.2, 0) is 10.2 Å². The zero-order valence-corrected chi connectivity index (χ0v) is 19.3. The van der Waals surface area contributed by atoms with E-state index in [2.05, 4.69) is 10.1 Å². The molecule has 2 aliphatic rings. The highest BCUT2D eigenvalue weighted by Crippen LogP contribution is 2.48. The molecule has 0 spiro atoms. The highest BCUT2D eigenvalue weighted by molar-refractivity contribution is 8.18. The van der Waals surface area contributed by atoms with Crippen LogP contribution in [0.3, 0.4) is 0 Å². The van der Waals surface area contributed by atoms with Crippen LogP contribution >= 0.6 is 11.8 Å². The Labute approximate surface area is 197 Å². The Balaban J connectivity index is 1.94. The van der Waals surface area contributed by atoms with Crippen LogP contribution in [0.25, 0.3) is 17.2 Å². The Kier molecular flexibility index (Phi) is 5.97. The van der Waals surface area contributed by atoms with Gasteiger partial charge in [0, 0.05) is 34.1 Å². The molecule has 34 heavy (non-hydrogen) atoms. The maximum atomic E-state index is 13.2. The molecule has 0 aromatic heterocycles. The molecule has 178 valence electrons. The minimum absolute atomic E-state index is 0.0427. The zero-order valence-electron chi connectivity index (χ0n) is 18.5. The third-order valence-corrected chi connectivity index (χ3v) is 6.31. The molecule has 4 rings (SSSR count). The van der Waals surface area contributed by atoms with Crippen molar-refractivity contribution < 1.29 is 37.0 Å². The highest BCUT2D eigenvalue weighted by atomic mass is 32.2. The first kappa shape index (κ1) is 23.9. The number of carbonyl (C=O) groups is 3. The van der Waals surface area contributed by atoms with Gasteiger partial charge in [0.05, 0.1) is 11.5 Å². The van der Waals surface area contributed by atoms with Crippen LogP contribution in [0, 0.1) is 0 Å². The summed E-state index contributed by atoms with van der Waals surface area (Å²) in [6, 6.07) is 7.12. The van der Waals surface area contributed by atoms with Crippen molar-refractivity contribution in [1.82, 2.24) is 5.32 Å². The molecule has 1 N–H and O–H groups in total. The first-order valence-corrected chi connectivity index (χ1v) is 11.2. The number of fused-ring (bicyclic) bond motifs is 1. The summed E-state index contributed by atoms with van der Waals surface area (Å²) < 4.78 is 49.8. The number of Topliss-reactive ketones (excluding diaryl/α,β-unsaturated/α-hetero) is 1. The minimum atomic E-state index is -4.96. The molecule has 2 amide bonds. The predicted molar refractivity (Wildman–Crippen MR) is 121 cm³/mol. The molecule has 2 aromatic carbocycles. The van der Waals surface area contributed by atoms with Gasteiger partial charge < -0.3 is 9.47 Å². The van der Waals surface area contributed by atoms with E-state index in [1.165, 1.54) is 24.3 Å². The fraction of sp³-hybridized carbons (Fsp3) is 0.292. The predicted octanol–water partition coefficient (Wildman–Crippen LogP) is 5.84. The van der Waals surface area contributed by atoms with Crippen LogP contribution in [0.15, 0.2) is 35.2 Å². The topological polar surface area (TPSA) is 81.7 Å². The number of ketones is 1. The fourth-order valence-electron chi connectivity index (χ4n) is 3.82. The number of thioether (sulfide) groups is 1. The molecular weight excluding hydrogens is 471 g/mol. The number of hydrogen-bond donors (Lipinski definition) is 1. The molecule has 2 aromatic rings. The SMILES string of the molecule is CCC(=O)c1cc(-c2cc(/C=C3\SC(=O)NC3=O)ccc2OC(F)(F)F)c2c(c1)C(C)(C)CO2. The molecule has 1 saturated heterocycles. The van der Waals surface area contributed by atoms with Gasteiger partial charge in [0.15, 0.2) is 5.78 Å². The Morgan fingerprint density at radius 2 is 1.94 bits per heavy atom. The summed E-state index contributed by atoms with van der Waals surface area (Å²) in [5.41, 5.74) is 1.29. The number of carbonyl (C=O) groups excluding carboxylic acids is 3. The van der Waals surface area contributed by atoms with Gasteiger partial charge in [-0.15, -0.1) is 13.2 Å². The molecule has 0 bridgehead atoms. The maximum Gasteiger partial charge on any atom is 0.573 e. The van der Waals surface area contributed by atoms with Crippen LogP contribution in [0.1, 0.15) is 48.7 Å². The van der Waals surface area contributed by atoms with Crippen molar-refractivity contribution in [3.63, 3.8) is 0 Å². The van der Waals surface area contributed by atoms with Crippen molar-refractivity contribution in [2.45, 2.75) is 39.0 Å². The molecule has 0 radical (unpaired) electrons. The van der Waals surface area contributed by atoms with E-state index in [4.69, 9.17) is 4.74 Å². The number of halogens is 3. The number of rotatable bonds is 5. The molecule has 0 atom stereocenters. The largest absolute Gasteiger partial charge is 0.573 e. The maximum absolute atomic E-state index is 13.2. The number of imide groups is 1. The summed E-state index contributed by atoms with van der Waals surface area (Å²) in [5, 5.41) is 1.60. The van der Waals surface area contributed by atoms with E-state index in [-0.39, 0.29) is 34.8 Å². The van der Waals surface area contributed by atoms with Gasteiger partial charge in [-0.1, -0.05) is 26.8 Å². The highest BCUT2D eigenvalue weighted by Gasteiger charge is 2.37. The Morgan fingerprint density at radius 3 is 2.56 bits per heavy atom. The number of nitrogens with one attached hydrogen (secondary N) is 1. The van der Waals surface area contributed by atoms with E-state index in [0.717, 1.165) is 6.07 Å². The number of amides is 2. The van der Waals surface area contributed by atoms with Crippen molar-refractivity contribution in [3.05, 3.63) is 51.9 Å². The second kappa shape index (κ2) is 8.50. The van der Waals surface area contributed by atoms with Crippen LogP contribution in [-0.4, -0.2) is 29.9 Å². The first-order valence-electron chi connectivity index (χ1n) is 10.4. The summed E-state index contributed by atoms with van der Waals surface area (Å²) in [6.07, 6.45) is -3.34. The number of alkyl halides is 3. The van der Waals surface area contributed by atoms with Crippen LogP contribution in [0.5, 0.6) is 11.5 Å². The van der Waals surface area contributed by atoms with Crippen LogP contribution in [0.2, 0.25) is 0 Å². The van der Waals surface area contributed by atoms with Crippen LogP contribution < -0.4 is 14.8 Å². The number of ether oxygens (including phenoxy) is 2. The van der Waals surface area contributed by atoms with E-state index in [0.29, 0.717) is 34.2 Å². The van der Waals surface area contributed by atoms with Crippen molar-refractivity contribution in [2.24, 2.45) is 0 Å². The quantitative estimate of drug-likeness (QED) is 0.418. The average Bonchev–Trinajstić information content (AvgIpc) is 3.24. The lowest BCUT2D eigenvalue weighted by Gasteiger charge is -2.19. The molecule has 10 heteroatoms. The molecule has 6 nitrogen and oxygen atoms in total. The van der Waals surface area contributed by atoms with Gasteiger partial charge in [0.1, 0.15) is 11.5 Å². The molecule has 0 saturated carbocycles. The molecule has 0 aliphatic carbocycles. The summed E-state index contributed by atoms with van der Waals surface area (Å²) in [5.74, 6) is -0.863. The van der Waals surface area contributed by atoms with E-state index in [9.17, 15) is 27.6 Å². The standard InChI is InChI=1S/C24H20F3NO5S/c1-4-17(29)13-9-15(20-16(10-13)23(2,3)11-32-20)14-7-12(5-6-18(14)33-24(25,26)27)8-19-21(30)28-22(31)34-19/h5-10H,4,11H2,1-3H3,(H,28,30,31)/b19-8-. The van der Waals surface area contributed by atoms with Gasteiger partial charge in [-0.05, 0) is 47.7 Å². The Hall–Kier alpha value is -3.27. The van der Waals surface area contributed by atoms with E-state index >= 15 is 0 Å². The van der Waals surface area contributed by atoms with E-state index < -0.39 is 28.7 Å². The summed E-state index contributed by atoms with van der Waals surface area (Å²) in [7, 11) is 0. The lowest BCUT2D eigenvalue weighted by atomic mass is 9.83. The van der Waals surface area contributed by atoms with Crippen molar-refractivity contribution >= 4 is 34.8 Å². The lowest BCUT2D eigenvalue weighted by Crippen LogP contribution is -2.18. The van der Waals surface area contributed by atoms with Crippen LogP contribution in [0.4, 0.5) is 18.0 Å². The average molecular weight is 491 g/mol. The number of benzene rings is 2. The third-order valence-electron chi connectivity index (χ3n) is 5.50. The van der Waals surface area contributed by atoms with Gasteiger partial charge >= 0.3 is 6.36 Å². The summed E-state index contributed by atoms with van der Waals surface area (Å²) in [6.45, 7) is 5.83. The molecule has 2 heterocycles. The second-order valence-electron chi connectivity index (χ2n) is 8.51. The molecule has 0 unspecified atom stereocenters. The van der Waals surface area contributed by atoms with Gasteiger partial charge in [-0.2, -0.15) is 0 Å². The van der Waals surface area contributed by atoms with Gasteiger partial charge in [0.2, 0.25) is 0 Å². The zero-order chi connectivity index (χ0) is 24.8. The molecule has 1 fully saturated rings. The first-order chi connectivity index (χ1) is 15.9. The van der Waals surface area contributed by atoms with E-state index in [1.54, 1.807) is 13.0 Å². The Morgan fingerprint density at radius 1 is 1.21 bits per heavy atom. The fourth-order valence-corrected chi connectivity index (χ4v) is 4.50. The van der Waals surface area contributed by atoms with Crippen molar-refractivity contribution in [1.29, 1.82) is 0 Å².